The Balaban J connectivity index is 2.07. The van der Waals surface area contributed by atoms with Crippen molar-refractivity contribution in [2.45, 2.75) is 0 Å². The van der Waals surface area contributed by atoms with Crippen molar-refractivity contribution >= 4 is 32.7 Å². The molecule has 0 aliphatic carbocycles. The molecule has 0 amide bonds. The normalized spacial score (nSPS) is 11.2. The Morgan fingerprint density at radius 1 is 0.885 bits per heavy atom. The molecule has 0 spiro atoms. The van der Waals surface area contributed by atoms with Crippen LogP contribution in [0.2, 0.25) is 0 Å². The Bertz CT molecular complexity index is 1130. The van der Waals surface area contributed by atoms with Crippen molar-refractivity contribution in [2.24, 2.45) is 0 Å². The highest BCUT2D eigenvalue weighted by atomic mass is 79.9. The van der Waals surface area contributed by atoms with Gasteiger partial charge in [-0.3, -0.25) is 9.13 Å². The number of halogens is 1. The van der Waals surface area contributed by atoms with E-state index < -0.39 is 0 Å². The number of nitrogens with zero attached hydrogens (tertiary/aromatic N) is 2. The molecule has 0 atom stereocenters. The Morgan fingerprint density at radius 2 is 1.54 bits per heavy atom. The minimum Gasteiger partial charge on any atom is -0.260 e. The number of hydrogen-bond acceptors (Lipinski definition) is 2. The second-order valence-electron chi connectivity index (χ2n) is 5.83. The van der Waals surface area contributed by atoms with Crippen molar-refractivity contribution in [1.29, 1.82) is 0 Å². The van der Waals surface area contributed by atoms with E-state index in [2.05, 4.69) is 15.9 Å². The van der Waals surface area contributed by atoms with Crippen LogP contribution in [-0.2, 0) is 4.84 Å². The van der Waals surface area contributed by atoms with Crippen LogP contribution in [0, 0.1) is 0 Å². The summed E-state index contributed by atoms with van der Waals surface area (Å²) in [5.74, 6) is 0. The van der Waals surface area contributed by atoms with Crippen molar-refractivity contribution in [3.8, 4) is 11.4 Å². The summed E-state index contributed by atoms with van der Waals surface area (Å²) in [5.41, 5.74) is 5.64. The fourth-order valence-corrected chi connectivity index (χ4v) is 3.54. The summed E-state index contributed by atoms with van der Waals surface area (Å²) in [5, 5.41) is 0. The summed E-state index contributed by atoms with van der Waals surface area (Å²) >= 11 is 3.48. The summed E-state index contributed by atoms with van der Waals surface area (Å²) < 4.78 is 4.37. The summed E-state index contributed by atoms with van der Waals surface area (Å²) in [4.78, 5) is 18.6. The first-order valence-electron chi connectivity index (χ1n) is 8.14. The maximum Gasteiger partial charge on any atom is 0.338 e. The molecule has 1 heterocycles. The van der Waals surface area contributed by atoms with Crippen LogP contribution in [0.15, 0.2) is 82.1 Å². The van der Waals surface area contributed by atoms with Gasteiger partial charge in [-0.2, -0.15) is 5.48 Å². The van der Waals surface area contributed by atoms with Gasteiger partial charge in [0.25, 0.3) is 0 Å². The molecule has 0 fully saturated rings. The van der Waals surface area contributed by atoms with Gasteiger partial charge in [0, 0.05) is 10.5 Å². The van der Waals surface area contributed by atoms with Crippen LogP contribution in [0.5, 0.6) is 0 Å². The highest BCUT2D eigenvalue weighted by molar-refractivity contribution is 9.10. The third-order valence-corrected chi connectivity index (χ3v) is 4.73. The quantitative estimate of drug-likeness (QED) is 0.414. The number of nitrogens with two attached hydrogens (primary N) is 1. The van der Waals surface area contributed by atoms with Crippen molar-refractivity contribution in [3.05, 3.63) is 87.8 Å². The van der Waals surface area contributed by atoms with Gasteiger partial charge in [-0.25, -0.2) is 9.63 Å². The summed E-state index contributed by atoms with van der Waals surface area (Å²) in [6.45, 7) is 0. The van der Waals surface area contributed by atoms with E-state index in [9.17, 15) is 4.79 Å². The Kier molecular flexibility index (Phi) is 4.46. The van der Waals surface area contributed by atoms with E-state index in [1.165, 1.54) is 0 Å². The first kappa shape index (κ1) is 16.8. The van der Waals surface area contributed by atoms with Crippen LogP contribution >= 0.6 is 15.9 Å². The Hall–Kier alpha value is -2.67. The minimum atomic E-state index is -0.120. The van der Waals surface area contributed by atoms with E-state index in [0.29, 0.717) is 0 Å². The Labute approximate surface area is 158 Å². The molecule has 0 bridgehead atoms. The second-order valence-corrected chi connectivity index (χ2v) is 6.75. The maximum absolute atomic E-state index is 13.4. The van der Waals surface area contributed by atoms with Gasteiger partial charge in [0.05, 0.1) is 23.8 Å². The fraction of sp³-hybridized carbons (Fsp3) is 0.0500. The van der Waals surface area contributed by atoms with Crippen LogP contribution in [0.1, 0.15) is 0 Å². The predicted octanol–water partition coefficient (Wildman–Crippen LogP) is 3.30. The minimum absolute atomic E-state index is 0.120. The number of para-hydroxylation sites is 3. The molecular weight excluding hydrogens is 394 g/mol. The smallest absolute Gasteiger partial charge is 0.260 e. The lowest BCUT2D eigenvalue weighted by molar-refractivity contribution is -0.830. The van der Waals surface area contributed by atoms with E-state index in [-0.39, 0.29) is 5.69 Å². The molecular formula is C20H17BrN3O2+. The average Bonchev–Trinajstić information content (AvgIpc) is 2.95. The molecule has 2 N–H and O–H groups in total. The second kappa shape index (κ2) is 6.92. The number of aromatic nitrogens is 2. The zero-order chi connectivity index (χ0) is 18.1. The third kappa shape index (κ3) is 2.78. The largest absolute Gasteiger partial charge is 0.338 e. The van der Waals surface area contributed by atoms with Gasteiger partial charge in [0.15, 0.2) is 5.69 Å². The van der Waals surface area contributed by atoms with Gasteiger partial charge in [-0.1, -0.05) is 46.3 Å². The highest BCUT2D eigenvalue weighted by Crippen LogP contribution is 2.25. The van der Waals surface area contributed by atoms with Gasteiger partial charge < -0.3 is 0 Å². The van der Waals surface area contributed by atoms with Crippen LogP contribution < -0.4 is 11.2 Å². The van der Waals surface area contributed by atoms with Gasteiger partial charge in [0.2, 0.25) is 0 Å². The summed E-state index contributed by atoms with van der Waals surface area (Å²) in [7, 11) is 1.60. The molecule has 3 aromatic carbocycles. The van der Waals surface area contributed by atoms with Gasteiger partial charge >= 0.3 is 5.69 Å². The molecule has 1 aromatic heterocycles. The molecule has 0 aliphatic heterocycles. The lowest BCUT2D eigenvalue weighted by Crippen LogP contribution is -2.76. The number of benzene rings is 3. The van der Waals surface area contributed by atoms with Crippen LogP contribution in [0.25, 0.3) is 22.4 Å². The Morgan fingerprint density at radius 3 is 2.23 bits per heavy atom. The fourth-order valence-electron chi connectivity index (χ4n) is 3.16. The van der Waals surface area contributed by atoms with Crippen LogP contribution in [0.3, 0.4) is 0 Å². The molecule has 0 aliphatic rings. The average molecular weight is 411 g/mol. The SMILES string of the molecule is CO[NH2+]c1cc(Br)ccc1-n1c(=O)n(-c2ccccc2)c2ccccc21. The van der Waals surface area contributed by atoms with E-state index in [1.54, 1.807) is 21.7 Å². The molecule has 26 heavy (non-hydrogen) atoms. The summed E-state index contributed by atoms with van der Waals surface area (Å²) in [6, 6.07) is 23.2. The lowest BCUT2D eigenvalue weighted by atomic mass is 10.2. The molecule has 0 unspecified atom stereocenters. The highest BCUT2D eigenvalue weighted by Gasteiger charge is 2.19. The predicted molar refractivity (Wildman–Crippen MR) is 105 cm³/mol. The molecule has 6 heteroatoms. The van der Waals surface area contributed by atoms with Crippen molar-refractivity contribution < 1.29 is 10.3 Å². The number of rotatable bonds is 4. The molecule has 0 saturated heterocycles. The molecule has 0 saturated carbocycles. The van der Waals surface area contributed by atoms with E-state index in [1.807, 2.05) is 72.8 Å². The number of fused-ring (bicyclic) bond motifs is 1. The number of imidazole rings is 1. The molecule has 0 radical (unpaired) electrons. The zero-order valence-electron chi connectivity index (χ0n) is 14.1. The zero-order valence-corrected chi connectivity index (χ0v) is 15.7. The lowest BCUT2D eigenvalue weighted by Gasteiger charge is -2.07. The molecule has 4 aromatic rings. The standard InChI is InChI=1S/C20H16BrN3O2/c1-26-22-16-13-14(21)11-12-17(16)24-19-10-6-5-9-18(19)23(20(24)25)15-7-3-2-4-8-15/h2-13,22H,1H3/p+1. The van der Waals surface area contributed by atoms with E-state index in [4.69, 9.17) is 4.84 Å². The van der Waals surface area contributed by atoms with Gasteiger partial charge in [-0.15, -0.1) is 0 Å². The van der Waals surface area contributed by atoms with Crippen molar-refractivity contribution in [1.82, 2.24) is 9.13 Å². The van der Waals surface area contributed by atoms with Crippen LogP contribution in [0.4, 0.5) is 5.69 Å². The van der Waals surface area contributed by atoms with E-state index in [0.717, 1.165) is 32.6 Å². The van der Waals surface area contributed by atoms with Gasteiger partial charge in [-0.05, 0) is 36.4 Å². The molecule has 130 valence electrons. The first-order chi connectivity index (χ1) is 12.7. The first-order valence-corrected chi connectivity index (χ1v) is 8.94. The molecule has 5 nitrogen and oxygen atoms in total. The maximum atomic E-state index is 13.4. The molecule has 4 rings (SSSR count). The number of hydrogen-bond donors (Lipinski definition) is 1. The third-order valence-electron chi connectivity index (χ3n) is 4.24. The number of quaternary nitrogens is 1. The summed E-state index contributed by atoms with van der Waals surface area (Å²) in [6.07, 6.45) is 0. The van der Waals surface area contributed by atoms with Crippen molar-refractivity contribution in [3.63, 3.8) is 0 Å². The van der Waals surface area contributed by atoms with Crippen molar-refractivity contribution in [2.75, 3.05) is 7.11 Å². The monoisotopic (exact) mass is 410 g/mol. The van der Waals surface area contributed by atoms with Gasteiger partial charge in [0.1, 0.15) is 5.69 Å². The topological polar surface area (TPSA) is 52.8 Å². The van der Waals surface area contributed by atoms with Crippen LogP contribution in [-0.4, -0.2) is 16.2 Å². The van der Waals surface area contributed by atoms with E-state index >= 15 is 0 Å².